The molecule has 0 amide bonds. The van der Waals surface area contributed by atoms with Crippen molar-refractivity contribution in [2.75, 3.05) is 19.8 Å². The fourth-order valence-electron chi connectivity index (χ4n) is 1.32. The third kappa shape index (κ3) is 7.30. The number of aliphatic hydroxyl groups is 2. The second-order valence-corrected chi connectivity index (χ2v) is 3.79. The van der Waals surface area contributed by atoms with Crippen LogP contribution in [0.5, 0.6) is 0 Å². The van der Waals surface area contributed by atoms with Crippen LogP contribution in [0.3, 0.4) is 0 Å². The molecule has 0 rings (SSSR count). The Balaban J connectivity index is 3.42. The predicted molar refractivity (Wildman–Crippen MR) is 57.2 cm³/mol. The molecule has 0 radical (unpaired) electrons. The lowest BCUT2D eigenvalue weighted by Crippen LogP contribution is -2.21. The Morgan fingerprint density at radius 1 is 1.21 bits per heavy atom. The van der Waals surface area contributed by atoms with Gasteiger partial charge < -0.3 is 14.9 Å². The molecule has 0 aromatic rings. The van der Waals surface area contributed by atoms with Crippen molar-refractivity contribution in [3.63, 3.8) is 0 Å². The minimum atomic E-state index is -0.723. The Labute approximate surface area is 87.1 Å². The topological polar surface area (TPSA) is 49.7 Å². The maximum atomic E-state index is 9.04. The van der Waals surface area contributed by atoms with E-state index in [0.29, 0.717) is 12.5 Å². The summed E-state index contributed by atoms with van der Waals surface area (Å²) in [5.74, 6) is 0.598. The zero-order chi connectivity index (χ0) is 10.8. The van der Waals surface area contributed by atoms with Gasteiger partial charge in [-0.25, -0.2) is 0 Å². The van der Waals surface area contributed by atoms with Crippen LogP contribution in [0.1, 0.15) is 39.5 Å². The fraction of sp³-hybridized carbons (Fsp3) is 1.00. The average molecular weight is 204 g/mol. The summed E-state index contributed by atoms with van der Waals surface area (Å²) < 4.78 is 5.33. The Bertz CT molecular complexity index is 117. The van der Waals surface area contributed by atoms with Crippen molar-refractivity contribution in [1.82, 2.24) is 0 Å². The van der Waals surface area contributed by atoms with Gasteiger partial charge in [-0.05, 0) is 12.3 Å². The standard InChI is InChI=1S/C11H24O3/c1-3-5-6-10(4-2)8-14-9-11(13)7-12/h10-13H,3-9H2,1-2H3/t10-,11-/m1/s1. The molecule has 0 bridgehead atoms. The number of hydrogen-bond acceptors (Lipinski definition) is 3. The zero-order valence-electron chi connectivity index (χ0n) is 9.41. The summed E-state index contributed by atoms with van der Waals surface area (Å²) in [7, 11) is 0. The molecule has 86 valence electrons. The second-order valence-electron chi connectivity index (χ2n) is 3.79. The Hall–Kier alpha value is -0.120. The third-order valence-electron chi connectivity index (χ3n) is 2.42. The highest BCUT2D eigenvalue weighted by Gasteiger charge is 2.07. The Morgan fingerprint density at radius 3 is 2.43 bits per heavy atom. The van der Waals surface area contributed by atoms with Crippen molar-refractivity contribution < 1.29 is 14.9 Å². The third-order valence-corrected chi connectivity index (χ3v) is 2.42. The van der Waals surface area contributed by atoms with Gasteiger partial charge >= 0.3 is 0 Å². The smallest absolute Gasteiger partial charge is 0.100 e. The van der Waals surface area contributed by atoms with Crippen molar-refractivity contribution in [3.05, 3.63) is 0 Å². The van der Waals surface area contributed by atoms with Crippen LogP contribution < -0.4 is 0 Å². The molecule has 2 N–H and O–H groups in total. The van der Waals surface area contributed by atoms with Crippen molar-refractivity contribution in [2.45, 2.75) is 45.6 Å². The van der Waals surface area contributed by atoms with Gasteiger partial charge in [-0.15, -0.1) is 0 Å². The van der Waals surface area contributed by atoms with Gasteiger partial charge in [0.1, 0.15) is 6.10 Å². The zero-order valence-corrected chi connectivity index (χ0v) is 9.41. The van der Waals surface area contributed by atoms with Crippen molar-refractivity contribution in [2.24, 2.45) is 5.92 Å². The number of hydrogen-bond donors (Lipinski definition) is 2. The summed E-state index contributed by atoms with van der Waals surface area (Å²) in [4.78, 5) is 0. The van der Waals surface area contributed by atoms with Gasteiger partial charge in [0.25, 0.3) is 0 Å². The van der Waals surface area contributed by atoms with E-state index < -0.39 is 6.10 Å². The molecule has 0 spiro atoms. The quantitative estimate of drug-likeness (QED) is 0.599. The first-order valence-electron chi connectivity index (χ1n) is 5.61. The number of unbranched alkanes of at least 4 members (excludes halogenated alkanes) is 1. The van der Waals surface area contributed by atoms with Gasteiger partial charge in [-0.1, -0.05) is 33.1 Å². The van der Waals surface area contributed by atoms with Crippen molar-refractivity contribution >= 4 is 0 Å². The predicted octanol–water partition coefficient (Wildman–Crippen LogP) is 1.57. The van der Waals surface area contributed by atoms with Crippen LogP contribution in [0.4, 0.5) is 0 Å². The summed E-state index contributed by atoms with van der Waals surface area (Å²) in [6.45, 7) is 5.08. The van der Waals surface area contributed by atoms with Crippen LogP contribution in [0.2, 0.25) is 0 Å². The molecule has 3 heteroatoms. The molecule has 0 aliphatic heterocycles. The van der Waals surface area contributed by atoms with Crippen LogP contribution >= 0.6 is 0 Å². The highest BCUT2D eigenvalue weighted by molar-refractivity contribution is 4.57. The van der Waals surface area contributed by atoms with E-state index in [1.165, 1.54) is 19.3 Å². The molecule has 0 heterocycles. The summed E-state index contributed by atoms with van der Waals surface area (Å²) in [5, 5.41) is 17.6. The van der Waals surface area contributed by atoms with Crippen LogP contribution in [0.15, 0.2) is 0 Å². The van der Waals surface area contributed by atoms with E-state index in [9.17, 15) is 0 Å². The van der Waals surface area contributed by atoms with Gasteiger partial charge in [0.05, 0.1) is 13.2 Å². The number of aliphatic hydroxyl groups excluding tert-OH is 2. The maximum absolute atomic E-state index is 9.04. The van der Waals surface area contributed by atoms with Gasteiger partial charge in [-0.2, -0.15) is 0 Å². The maximum Gasteiger partial charge on any atom is 0.100 e. The molecule has 0 aromatic carbocycles. The van der Waals surface area contributed by atoms with E-state index in [4.69, 9.17) is 14.9 Å². The van der Waals surface area contributed by atoms with E-state index in [1.807, 2.05) is 0 Å². The van der Waals surface area contributed by atoms with E-state index in [2.05, 4.69) is 13.8 Å². The van der Waals surface area contributed by atoms with E-state index in [0.717, 1.165) is 6.42 Å². The molecular formula is C11H24O3. The first kappa shape index (κ1) is 13.9. The minimum absolute atomic E-state index is 0.217. The van der Waals surface area contributed by atoms with E-state index >= 15 is 0 Å². The van der Waals surface area contributed by atoms with Gasteiger partial charge in [-0.3, -0.25) is 0 Å². The molecule has 3 nitrogen and oxygen atoms in total. The molecular weight excluding hydrogens is 180 g/mol. The van der Waals surface area contributed by atoms with Crippen LogP contribution in [-0.4, -0.2) is 36.1 Å². The Kier molecular flexibility index (Phi) is 9.35. The first-order chi connectivity index (χ1) is 6.74. The summed E-state index contributed by atoms with van der Waals surface area (Å²) in [6, 6.07) is 0. The molecule has 0 saturated heterocycles. The van der Waals surface area contributed by atoms with Crippen LogP contribution in [-0.2, 0) is 4.74 Å². The highest BCUT2D eigenvalue weighted by Crippen LogP contribution is 2.12. The monoisotopic (exact) mass is 204 g/mol. The number of ether oxygens (including phenoxy) is 1. The lowest BCUT2D eigenvalue weighted by Gasteiger charge is -2.15. The molecule has 14 heavy (non-hydrogen) atoms. The highest BCUT2D eigenvalue weighted by atomic mass is 16.5. The van der Waals surface area contributed by atoms with Crippen LogP contribution in [0, 0.1) is 5.92 Å². The normalized spacial score (nSPS) is 15.4. The van der Waals surface area contributed by atoms with Crippen molar-refractivity contribution in [1.29, 1.82) is 0 Å². The molecule has 0 fully saturated rings. The van der Waals surface area contributed by atoms with Crippen LogP contribution in [0.25, 0.3) is 0 Å². The van der Waals surface area contributed by atoms with Crippen molar-refractivity contribution in [3.8, 4) is 0 Å². The first-order valence-corrected chi connectivity index (χ1v) is 5.61. The largest absolute Gasteiger partial charge is 0.394 e. The van der Waals surface area contributed by atoms with E-state index in [-0.39, 0.29) is 13.2 Å². The number of rotatable bonds is 9. The van der Waals surface area contributed by atoms with E-state index in [1.54, 1.807) is 0 Å². The Morgan fingerprint density at radius 2 is 1.93 bits per heavy atom. The molecule has 0 saturated carbocycles. The lowest BCUT2D eigenvalue weighted by molar-refractivity contribution is -0.00599. The molecule has 2 atom stereocenters. The SMILES string of the molecule is CCCC[C@@H](CC)COC[C@H](O)CO. The van der Waals surface area contributed by atoms with Gasteiger partial charge in [0, 0.05) is 6.61 Å². The molecule has 0 aliphatic rings. The van der Waals surface area contributed by atoms with Gasteiger partial charge in [0.15, 0.2) is 0 Å². The molecule has 0 aliphatic carbocycles. The summed E-state index contributed by atoms with van der Waals surface area (Å²) >= 11 is 0. The molecule has 0 unspecified atom stereocenters. The fourth-order valence-corrected chi connectivity index (χ4v) is 1.32. The van der Waals surface area contributed by atoms with Gasteiger partial charge in [0.2, 0.25) is 0 Å². The average Bonchev–Trinajstić information content (AvgIpc) is 2.22. The summed E-state index contributed by atoms with van der Waals surface area (Å²) in [6.07, 6.45) is 4.05. The minimum Gasteiger partial charge on any atom is -0.394 e. The molecule has 0 aromatic heterocycles. The lowest BCUT2D eigenvalue weighted by atomic mass is 10.0. The summed E-state index contributed by atoms with van der Waals surface area (Å²) in [5.41, 5.74) is 0. The second kappa shape index (κ2) is 9.44.